The molecule has 1 atom stereocenters. The number of fused-ring (bicyclic) bond motifs is 2. The van der Waals surface area contributed by atoms with Crippen LogP contribution in [-0.2, 0) is 16.1 Å². The molecule has 3 aromatic rings. The van der Waals surface area contributed by atoms with Gasteiger partial charge in [0.25, 0.3) is 11.8 Å². The molecule has 184 valence electrons. The molecular weight excluding hydrogens is 467 g/mol. The summed E-state index contributed by atoms with van der Waals surface area (Å²) in [5, 5.41) is 2.29. The summed E-state index contributed by atoms with van der Waals surface area (Å²) in [5.74, 6) is -1.86. The average Bonchev–Trinajstić information content (AvgIpc) is 3.47. The molecule has 1 unspecified atom stereocenters. The molecule has 2 fully saturated rings. The smallest absolute Gasteiger partial charge is 0.255 e. The van der Waals surface area contributed by atoms with Crippen LogP contribution in [0.4, 0.5) is 4.39 Å². The van der Waals surface area contributed by atoms with Gasteiger partial charge in [0.2, 0.25) is 11.8 Å². The van der Waals surface area contributed by atoms with Crippen LogP contribution in [0.25, 0.3) is 11.1 Å². The number of piperidine rings is 2. The van der Waals surface area contributed by atoms with E-state index in [1.807, 2.05) is 0 Å². The Labute approximate surface area is 205 Å². The maximum atomic E-state index is 14.6. The molecule has 3 aliphatic heterocycles. The molecular formula is C26H23FN4O5. The number of amides is 4. The lowest BCUT2D eigenvalue weighted by Gasteiger charge is -2.33. The van der Waals surface area contributed by atoms with Crippen molar-refractivity contribution in [2.45, 2.75) is 44.2 Å². The van der Waals surface area contributed by atoms with Gasteiger partial charge < -0.3 is 14.2 Å². The van der Waals surface area contributed by atoms with Crippen LogP contribution >= 0.6 is 0 Å². The minimum Gasteiger partial charge on any atom is -0.443 e. The third kappa shape index (κ3) is 3.73. The predicted molar refractivity (Wildman–Crippen MR) is 124 cm³/mol. The van der Waals surface area contributed by atoms with Crippen LogP contribution in [0.5, 0.6) is 0 Å². The largest absolute Gasteiger partial charge is 0.443 e. The van der Waals surface area contributed by atoms with Gasteiger partial charge in [-0.3, -0.25) is 24.5 Å². The number of likely N-dealkylation sites (tertiary alicyclic amines) is 1. The van der Waals surface area contributed by atoms with Crippen LogP contribution in [0.15, 0.2) is 41.1 Å². The van der Waals surface area contributed by atoms with Gasteiger partial charge in [-0.25, -0.2) is 9.37 Å². The van der Waals surface area contributed by atoms with Crippen LogP contribution in [0.1, 0.15) is 63.4 Å². The van der Waals surface area contributed by atoms with Crippen molar-refractivity contribution in [1.82, 2.24) is 20.1 Å². The highest BCUT2D eigenvalue weighted by Crippen LogP contribution is 2.38. The van der Waals surface area contributed by atoms with Crippen molar-refractivity contribution in [3.63, 3.8) is 0 Å². The van der Waals surface area contributed by atoms with Crippen LogP contribution in [-0.4, -0.2) is 57.5 Å². The quantitative estimate of drug-likeness (QED) is 0.565. The Morgan fingerprint density at radius 1 is 1.08 bits per heavy atom. The van der Waals surface area contributed by atoms with Gasteiger partial charge in [-0.15, -0.1) is 0 Å². The van der Waals surface area contributed by atoms with Crippen LogP contribution < -0.4 is 5.32 Å². The molecule has 10 heteroatoms. The normalized spacial score (nSPS) is 20.7. The molecule has 0 aliphatic carbocycles. The molecule has 1 aromatic heterocycles. The second-order valence-corrected chi connectivity index (χ2v) is 9.52. The van der Waals surface area contributed by atoms with Gasteiger partial charge in [0.1, 0.15) is 17.4 Å². The number of hydrogen-bond acceptors (Lipinski definition) is 6. The fourth-order valence-corrected chi connectivity index (χ4v) is 5.58. The standard InChI is InChI=1S/C26H23FN4O5/c27-16-10-17(19-12-31(26(35)18(19)11-16)21-2-4-23(32)29-24(21)33)14-5-7-30(8-6-14)25(34)15-1-3-22-20(9-15)28-13-36-22/h1,3,9-11,13-14,21H,2,4-8,12H2,(H,29,32,33). The molecule has 4 amide bonds. The van der Waals surface area contributed by atoms with E-state index in [2.05, 4.69) is 10.3 Å². The Bertz CT molecular complexity index is 1420. The van der Waals surface area contributed by atoms with Gasteiger partial charge >= 0.3 is 0 Å². The molecule has 0 saturated carbocycles. The van der Waals surface area contributed by atoms with Crippen molar-refractivity contribution in [3.05, 3.63) is 64.8 Å². The van der Waals surface area contributed by atoms with Crippen molar-refractivity contribution >= 4 is 34.7 Å². The van der Waals surface area contributed by atoms with E-state index >= 15 is 0 Å². The summed E-state index contributed by atoms with van der Waals surface area (Å²) in [6.07, 6.45) is 3.01. The van der Waals surface area contributed by atoms with Crippen molar-refractivity contribution in [3.8, 4) is 0 Å². The number of rotatable bonds is 3. The highest BCUT2D eigenvalue weighted by atomic mass is 19.1. The Morgan fingerprint density at radius 2 is 1.89 bits per heavy atom. The fraction of sp³-hybridized carbons (Fsp3) is 0.346. The number of oxazole rings is 1. The highest BCUT2D eigenvalue weighted by Gasteiger charge is 2.41. The lowest BCUT2D eigenvalue weighted by atomic mass is 9.85. The SMILES string of the molecule is O=C1CCC(N2Cc3c(cc(F)cc3C3CCN(C(=O)c4ccc5ocnc5c4)CC3)C2=O)C(=O)N1. The Hall–Kier alpha value is -4.08. The number of aromatic nitrogens is 1. The first-order chi connectivity index (χ1) is 17.4. The molecule has 0 radical (unpaired) electrons. The minimum atomic E-state index is -0.750. The molecule has 2 aromatic carbocycles. The average molecular weight is 490 g/mol. The number of imide groups is 1. The molecule has 2 saturated heterocycles. The molecule has 3 aliphatic rings. The van der Waals surface area contributed by atoms with E-state index in [4.69, 9.17) is 4.42 Å². The number of carbonyl (C=O) groups excluding carboxylic acids is 4. The summed E-state index contributed by atoms with van der Waals surface area (Å²) in [6.45, 7) is 1.19. The van der Waals surface area contributed by atoms with E-state index in [9.17, 15) is 23.6 Å². The monoisotopic (exact) mass is 490 g/mol. The molecule has 4 heterocycles. The number of carbonyl (C=O) groups is 4. The van der Waals surface area contributed by atoms with Crippen molar-refractivity contribution in [2.24, 2.45) is 0 Å². The Kier molecular flexibility index (Phi) is 5.31. The number of halogens is 1. The van der Waals surface area contributed by atoms with Crippen LogP contribution in [0.3, 0.4) is 0 Å². The zero-order chi connectivity index (χ0) is 25.0. The lowest BCUT2D eigenvalue weighted by Crippen LogP contribution is -2.52. The van der Waals surface area contributed by atoms with Gasteiger partial charge in [-0.05, 0) is 66.6 Å². The molecule has 36 heavy (non-hydrogen) atoms. The minimum absolute atomic E-state index is 0.0222. The first-order valence-electron chi connectivity index (χ1n) is 12.0. The maximum Gasteiger partial charge on any atom is 0.255 e. The summed E-state index contributed by atoms with van der Waals surface area (Å²) in [5.41, 5.74) is 3.53. The van der Waals surface area contributed by atoms with E-state index in [0.717, 1.165) is 11.1 Å². The van der Waals surface area contributed by atoms with Crippen molar-refractivity contribution < 1.29 is 28.0 Å². The number of hydrogen-bond donors (Lipinski definition) is 1. The fourth-order valence-electron chi connectivity index (χ4n) is 5.58. The summed E-state index contributed by atoms with van der Waals surface area (Å²) >= 11 is 0. The van der Waals surface area contributed by atoms with E-state index < -0.39 is 23.7 Å². The summed E-state index contributed by atoms with van der Waals surface area (Å²) in [4.78, 5) is 57.4. The lowest BCUT2D eigenvalue weighted by molar-refractivity contribution is -0.136. The van der Waals surface area contributed by atoms with Gasteiger partial charge in [0.15, 0.2) is 12.0 Å². The van der Waals surface area contributed by atoms with Crippen molar-refractivity contribution in [2.75, 3.05) is 13.1 Å². The first-order valence-corrected chi connectivity index (χ1v) is 12.0. The predicted octanol–water partition coefficient (Wildman–Crippen LogP) is 2.75. The second kappa shape index (κ2) is 8.54. The summed E-state index contributed by atoms with van der Waals surface area (Å²) < 4.78 is 19.8. The van der Waals surface area contributed by atoms with E-state index in [0.29, 0.717) is 42.6 Å². The van der Waals surface area contributed by atoms with E-state index in [-0.39, 0.29) is 42.7 Å². The number of nitrogens with zero attached hydrogens (tertiary/aromatic N) is 3. The number of nitrogens with one attached hydrogen (secondary N) is 1. The Balaban J connectivity index is 1.19. The molecule has 0 bridgehead atoms. The van der Waals surface area contributed by atoms with Crippen LogP contribution in [0, 0.1) is 5.82 Å². The van der Waals surface area contributed by atoms with Crippen molar-refractivity contribution in [1.29, 1.82) is 0 Å². The summed E-state index contributed by atoms with van der Waals surface area (Å²) in [7, 11) is 0. The van der Waals surface area contributed by atoms with Gasteiger partial charge in [-0.2, -0.15) is 0 Å². The topological polar surface area (TPSA) is 113 Å². The zero-order valence-corrected chi connectivity index (χ0v) is 19.3. The second-order valence-electron chi connectivity index (χ2n) is 9.52. The highest BCUT2D eigenvalue weighted by molar-refractivity contribution is 6.05. The third-order valence-corrected chi connectivity index (χ3v) is 7.45. The van der Waals surface area contributed by atoms with Gasteiger partial charge in [0.05, 0.1) is 0 Å². The van der Waals surface area contributed by atoms with Gasteiger partial charge in [0, 0.05) is 37.2 Å². The van der Waals surface area contributed by atoms with E-state index in [1.165, 1.54) is 23.4 Å². The zero-order valence-electron chi connectivity index (χ0n) is 19.3. The van der Waals surface area contributed by atoms with Crippen LogP contribution in [0.2, 0.25) is 0 Å². The van der Waals surface area contributed by atoms with Gasteiger partial charge in [-0.1, -0.05) is 0 Å². The molecule has 1 N–H and O–H groups in total. The Morgan fingerprint density at radius 3 is 2.67 bits per heavy atom. The third-order valence-electron chi connectivity index (χ3n) is 7.45. The van der Waals surface area contributed by atoms with E-state index in [1.54, 1.807) is 23.1 Å². The maximum absolute atomic E-state index is 14.6. The molecule has 9 nitrogen and oxygen atoms in total. The first kappa shape index (κ1) is 22.4. The molecule has 0 spiro atoms. The molecule has 6 rings (SSSR count). The number of benzene rings is 2. The summed E-state index contributed by atoms with van der Waals surface area (Å²) in [6, 6.07) is 7.11.